The number of fused-ring (bicyclic) bond motifs is 7. The molecule has 1 aliphatic carbocycles. The molecule has 55 heavy (non-hydrogen) atoms. The van der Waals surface area contributed by atoms with Crippen LogP contribution in [-0.2, 0) is 25.5 Å². The van der Waals surface area contributed by atoms with Crippen LogP contribution in [0.15, 0.2) is 29.6 Å². The van der Waals surface area contributed by atoms with E-state index in [1.54, 1.807) is 0 Å². The van der Waals surface area contributed by atoms with Crippen LogP contribution >= 0.6 is 0 Å². The summed E-state index contributed by atoms with van der Waals surface area (Å²) >= 11 is 0. The van der Waals surface area contributed by atoms with Gasteiger partial charge in [-0.2, -0.15) is 0 Å². The minimum absolute atomic E-state index is 0.0830. The van der Waals surface area contributed by atoms with Crippen molar-refractivity contribution in [2.24, 2.45) is 23.7 Å². The first-order valence-electron chi connectivity index (χ1n) is 20.0. The van der Waals surface area contributed by atoms with E-state index in [9.17, 15) is 14.4 Å². The number of ether oxygens (including phenoxy) is 2. The molecule has 4 N–H and O–H groups in total. The molecule has 0 aromatic carbocycles. The minimum atomic E-state index is -1.14. The van der Waals surface area contributed by atoms with E-state index in [0.717, 1.165) is 86.6 Å². The topological polar surface area (TPSA) is 129 Å². The number of ketones is 1. The highest BCUT2D eigenvalue weighted by Gasteiger charge is 2.48. The molecule has 3 aromatic heterocycles. The van der Waals surface area contributed by atoms with E-state index in [1.807, 2.05) is 19.1 Å². The van der Waals surface area contributed by atoms with E-state index in [-0.39, 0.29) is 36.6 Å². The number of carbonyl (C=O) groups is 3. The second-order valence-corrected chi connectivity index (χ2v) is 15.8. The molecule has 5 heterocycles. The second kappa shape index (κ2) is 16.4. The van der Waals surface area contributed by atoms with Gasteiger partial charge in [0.15, 0.2) is 5.78 Å². The zero-order valence-electron chi connectivity index (χ0n) is 34.1. The molecule has 6 rings (SSSR count). The van der Waals surface area contributed by atoms with E-state index in [1.165, 1.54) is 31.1 Å². The molecule has 0 radical (unpaired) electrons. The third-order valence-corrected chi connectivity index (χ3v) is 12.4. The Balaban J connectivity index is 1.45. The molecular formula is C46H58N4O5. The average Bonchev–Trinajstić information content (AvgIpc) is 3.90. The van der Waals surface area contributed by atoms with Crippen LogP contribution < -0.4 is 16.0 Å². The first-order valence-corrected chi connectivity index (χ1v) is 20.0. The number of Topliss-reactive ketones (excluding diaryl/α,β-unsaturated/α-hetero) is 1. The molecule has 0 saturated carbocycles. The molecule has 0 amide bonds. The minimum Gasteiger partial charge on any atom is -0.468 e. The van der Waals surface area contributed by atoms with Gasteiger partial charge in [0.1, 0.15) is 12.5 Å². The van der Waals surface area contributed by atoms with E-state index >= 15 is 0 Å². The number of aromatic amines is 3. The number of nitrogens with one attached hydrogen (secondary N) is 4. The van der Waals surface area contributed by atoms with Gasteiger partial charge in [0.05, 0.1) is 12.8 Å². The second-order valence-electron chi connectivity index (χ2n) is 15.8. The highest BCUT2D eigenvalue weighted by molar-refractivity contribution is 6.24. The third kappa shape index (κ3) is 7.50. The Hall–Kier alpha value is -5.05. The van der Waals surface area contributed by atoms with Crippen molar-refractivity contribution in [2.75, 3.05) is 13.7 Å². The van der Waals surface area contributed by atoms with Crippen LogP contribution in [0.1, 0.15) is 134 Å². The number of aromatic nitrogens is 3. The Morgan fingerprint density at radius 1 is 0.964 bits per heavy atom. The average molecular weight is 747 g/mol. The van der Waals surface area contributed by atoms with Crippen molar-refractivity contribution in [3.05, 3.63) is 96.5 Å². The van der Waals surface area contributed by atoms with Gasteiger partial charge in [0.2, 0.25) is 0 Å². The molecule has 9 nitrogen and oxygen atoms in total. The summed E-state index contributed by atoms with van der Waals surface area (Å²) in [5.41, 5.74) is 12.4. The Bertz CT molecular complexity index is 2250. The fraction of sp³-hybridized carbons (Fsp3) is 0.457. The van der Waals surface area contributed by atoms with Crippen LogP contribution in [0.5, 0.6) is 0 Å². The van der Waals surface area contributed by atoms with Gasteiger partial charge in [-0.05, 0) is 106 Å². The lowest BCUT2D eigenvalue weighted by molar-refractivity contribution is -0.143. The fourth-order valence-electron chi connectivity index (χ4n) is 8.66. The summed E-state index contributed by atoms with van der Waals surface area (Å²) in [6.45, 7) is 21.4. The number of hydrogen-bond donors (Lipinski definition) is 4. The van der Waals surface area contributed by atoms with Gasteiger partial charge in [0.25, 0.3) is 0 Å². The normalized spacial score (nSPS) is 22.9. The molecule has 1 saturated heterocycles. The molecule has 2 aliphatic heterocycles. The van der Waals surface area contributed by atoms with E-state index in [2.05, 4.69) is 93.5 Å². The smallest absolute Gasteiger partial charge is 0.321 e. The van der Waals surface area contributed by atoms with Crippen LogP contribution in [0, 0.1) is 44.4 Å². The Labute approximate surface area is 325 Å². The predicted octanol–water partition coefficient (Wildman–Crippen LogP) is 7.85. The fourth-order valence-corrected chi connectivity index (χ4v) is 8.66. The zero-order valence-corrected chi connectivity index (χ0v) is 34.1. The molecule has 292 valence electrons. The first-order chi connectivity index (χ1) is 26.3. The Kier molecular flexibility index (Phi) is 11.8. The van der Waals surface area contributed by atoms with Crippen LogP contribution in [0.25, 0.3) is 29.9 Å². The number of carbonyl (C=O) groups excluding carboxylic acids is 3. The van der Waals surface area contributed by atoms with Gasteiger partial charge in [-0.3, -0.25) is 14.4 Å². The van der Waals surface area contributed by atoms with Crippen molar-refractivity contribution >= 4 is 47.6 Å². The number of H-pyrrole nitrogens is 3. The van der Waals surface area contributed by atoms with Gasteiger partial charge < -0.3 is 29.7 Å². The van der Waals surface area contributed by atoms with Crippen molar-refractivity contribution in [2.45, 2.75) is 100 Å². The van der Waals surface area contributed by atoms with Crippen molar-refractivity contribution in [3.63, 3.8) is 0 Å². The van der Waals surface area contributed by atoms with Gasteiger partial charge in [-0.25, -0.2) is 0 Å². The lowest BCUT2D eigenvalue weighted by Crippen LogP contribution is -2.25. The van der Waals surface area contributed by atoms with E-state index < -0.39 is 11.9 Å². The number of methoxy groups -OCH3 is 1. The van der Waals surface area contributed by atoms with Crippen molar-refractivity contribution in [1.29, 1.82) is 0 Å². The van der Waals surface area contributed by atoms with Gasteiger partial charge >= 0.3 is 11.9 Å². The lowest BCUT2D eigenvalue weighted by Gasteiger charge is -2.19. The maximum Gasteiger partial charge on any atom is 0.321 e. The number of hydrogen-bond acceptors (Lipinski definition) is 6. The molecule has 3 aromatic rings. The molecule has 0 unspecified atom stereocenters. The van der Waals surface area contributed by atoms with Crippen LogP contribution in [0.3, 0.4) is 0 Å². The summed E-state index contributed by atoms with van der Waals surface area (Å²) < 4.78 is 11.0. The number of allylic oxidation sites excluding steroid dienone is 3. The Morgan fingerprint density at radius 2 is 1.69 bits per heavy atom. The maximum absolute atomic E-state index is 14.3. The summed E-state index contributed by atoms with van der Waals surface area (Å²) in [7, 11) is 1.32. The van der Waals surface area contributed by atoms with Gasteiger partial charge in [-0.1, -0.05) is 58.8 Å². The van der Waals surface area contributed by atoms with Crippen LogP contribution in [-0.4, -0.2) is 46.4 Å². The van der Waals surface area contributed by atoms with Crippen molar-refractivity contribution < 1.29 is 23.9 Å². The van der Waals surface area contributed by atoms with E-state index in [4.69, 9.17) is 9.47 Å². The summed E-state index contributed by atoms with van der Waals surface area (Å²) in [6, 6.07) is 0. The molecular weight excluding hydrogens is 689 g/mol. The lowest BCUT2D eigenvalue weighted by atomic mass is 9.85. The van der Waals surface area contributed by atoms with E-state index in [0.29, 0.717) is 23.3 Å². The molecule has 8 bridgehead atoms. The zero-order chi connectivity index (χ0) is 39.7. The number of esters is 2. The van der Waals surface area contributed by atoms with Crippen molar-refractivity contribution in [1.82, 2.24) is 20.3 Å². The number of rotatable bonds is 13. The molecule has 3 aliphatic rings. The highest BCUT2D eigenvalue weighted by atomic mass is 16.5. The van der Waals surface area contributed by atoms with Crippen LogP contribution in [0.2, 0.25) is 0 Å². The molecule has 9 heteroatoms. The van der Waals surface area contributed by atoms with Crippen LogP contribution in [0.4, 0.5) is 0 Å². The summed E-state index contributed by atoms with van der Waals surface area (Å²) in [4.78, 5) is 52.0. The van der Waals surface area contributed by atoms with Crippen molar-refractivity contribution in [3.8, 4) is 0 Å². The molecule has 1 fully saturated rings. The SMILES string of the molecule is C=Cc1c2[nH]c(c1C)/C=C1\N/C(=C3\c4[nH]c(c(C)c4C(=O)[C@@H]3C(=O)OC)/C=c3\[nH]/c(c(C)c3CC)=C\2)[C@@H](CCC(=O)OC/C=C(/C)CCC[C@H](C)CC)[C@@H]1C. The summed E-state index contributed by atoms with van der Waals surface area (Å²) in [6.07, 6.45) is 16.2. The monoisotopic (exact) mass is 746 g/mol. The predicted molar refractivity (Wildman–Crippen MR) is 220 cm³/mol. The maximum atomic E-state index is 14.3. The molecule has 4 atom stereocenters. The standard InChI is InChI=1S/C46H58N4O5/c1-11-24(4)15-14-16-25(5)19-20-55-39(51)18-17-32-28(8)35-21-33-26(6)30(12-2)37(47-33)22-34-27(7)31(13-3)38(48-34)23-36-29(9)40-44(50-36)41(43(32)49-35)42(45(40)52)46(53)54-10/h12,19,21-24,28,32,42,47-50H,2,11,13-18,20H2,1,3-10H3/b25-19-,34-22-,35-21-,38-23-,43-41-/t24-,28+,32+,42-/m1/s1. The summed E-state index contributed by atoms with van der Waals surface area (Å²) in [5, 5.41) is 5.64. The third-order valence-electron chi connectivity index (χ3n) is 12.4. The quantitative estimate of drug-likeness (QED) is 0.0802. The first kappa shape index (κ1) is 39.6. The Morgan fingerprint density at radius 3 is 2.38 bits per heavy atom. The summed E-state index contributed by atoms with van der Waals surface area (Å²) in [5.74, 6) is -1.90. The van der Waals surface area contributed by atoms with Gasteiger partial charge in [-0.15, -0.1) is 0 Å². The molecule has 0 spiro atoms. The van der Waals surface area contributed by atoms with Gasteiger partial charge in [0, 0.05) is 74.1 Å². The highest BCUT2D eigenvalue weighted by Crippen LogP contribution is 2.48. The largest absolute Gasteiger partial charge is 0.468 e.